The van der Waals surface area contributed by atoms with Gasteiger partial charge in [-0.2, -0.15) is 0 Å². The lowest BCUT2D eigenvalue weighted by Gasteiger charge is -2.38. The first-order chi connectivity index (χ1) is 9.81. The standard InChI is InChI=1S/C17H19ClN2/c18-16-8-4-7-15(9-16)13-20(17-10-19-11-17)12-14-5-2-1-3-6-14/h1-9,17,19H,10-13H2. The van der Waals surface area contributed by atoms with Crippen molar-refractivity contribution in [1.29, 1.82) is 0 Å². The summed E-state index contributed by atoms with van der Waals surface area (Å²) in [6.45, 7) is 4.09. The molecule has 2 aromatic carbocycles. The van der Waals surface area contributed by atoms with Crippen molar-refractivity contribution in [1.82, 2.24) is 10.2 Å². The Hall–Kier alpha value is -1.35. The number of rotatable bonds is 5. The predicted molar refractivity (Wildman–Crippen MR) is 83.8 cm³/mol. The zero-order valence-corrected chi connectivity index (χ0v) is 12.2. The second kappa shape index (κ2) is 6.40. The average molecular weight is 287 g/mol. The van der Waals surface area contributed by atoms with Crippen molar-refractivity contribution >= 4 is 11.6 Å². The van der Waals surface area contributed by atoms with E-state index >= 15 is 0 Å². The molecule has 20 heavy (non-hydrogen) atoms. The zero-order chi connectivity index (χ0) is 13.8. The van der Waals surface area contributed by atoms with E-state index in [2.05, 4.69) is 52.7 Å². The van der Waals surface area contributed by atoms with Gasteiger partial charge in [-0.05, 0) is 23.3 Å². The quantitative estimate of drug-likeness (QED) is 0.907. The summed E-state index contributed by atoms with van der Waals surface area (Å²) < 4.78 is 0. The molecule has 0 aromatic heterocycles. The van der Waals surface area contributed by atoms with Crippen molar-refractivity contribution < 1.29 is 0 Å². The molecule has 0 saturated carbocycles. The molecule has 2 nitrogen and oxygen atoms in total. The fourth-order valence-corrected chi connectivity index (χ4v) is 2.75. The average Bonchev–Trinajstić information content (AvgIpc) is 2.38. The van der Waals surface area contributed by atoms with Crippen LogP contribution in [0.3, 0.4) is 0 Å². The van der Waals surface area contributed by atoms with Gasteiger partial charge in [0.05, 0.1) is 0 Å². The number of nitrogens with zero attached hydrogens (tertiary/aromatic N) is 1. The molecule has 0 aliphatic carbocycles. The molecule has 0 atom stereocenters. The summed E-state index contributed by atoms with van der Waals surface area (Å²) in [7, 11) is 0. The molecule has 0 spiro atoms. The fourth-order valence-electron chi connectivity index (χ4n) is 2.53. The Balaban J connectivity index is 1.73. The summed E-state index contributed by atoms with van der Waals surface area (Å²) >= 11 is 6.09. The van der Waals surface area contributed by atoms with Crippen molar-refractivity contribution in [2.24, 2.45) is 0 Å². The van der Waals surface area contributed by atoms with Gasteiger partial charge in [0.15, 0.2) is 0 Å². The molecule has 0 radical (unpaired) electrons. The Morgan fingerprint density at radius 3 is 2.30 bits per heavy atom. The number of benzene rings is 2. The smallest absolute Gasteiger partial charge is 0.0409 e. The largest absolute Gasteiger partial charge is 0.314 e. The Kier molecular flexibility index (Phi) is 4.36. The van der Waals surface area contributed by atoms with E-state index in [1.54, 1.807) is 0 Å². The van der Waals surface area contributed by atoms with E-state index in [0.29, 0.717) is 6.04 Å². The van der Waals surface area contributed by atoms with Crippen LogP contribution in [0, 0.1) is 0 Å². The number of nitrogens with one attached hydrogen (secondary N) is 1. The van der Waals surface area contributed by atoms with Crippen LogP contribution < -0.4 is 5.32 Å². The summed E-state index contributed by atoms with van der Waals surface area (Å²) in [5.74, 6) is 0. The molecular formula is C17H19ClN2. The second-order valence-corrected chi connectivity index (χ2v) is 5.77. The Morgan fingerprint density at radius 1 is 0.950 bits per heavy atom. The van der Waals surface area contributed by atoms with Gasteiger partial charge in [0, 0.05) is 37.2 Å². The first kappa shape index (κ1) is 13.6. The highest BCUT2D eigenvalue weighted by molar-refractivity contribution is 6.30. The van der Waals surface area contributed by atoms with E-state index in [4.69, 9.17) is 11.6 Å². The van der Waals surface area contributed by atoms with Gasteiger partial charge in [-0.15, -0.1) is 0 Å². The molecule has 1 aliphatic rings. The minimum Gasteiger partial charge on any atom is -0.314 e. The topological polar surface area (TPSA) is 15.3 Å². The predicted octanol–water partition coefficient (Wildman–Crippen LogP) is 3.31. The van der Waals surface area contributed by atoms with Gasteiger partial charge >= 0.3 is 0 Å². The molecule has 3 rings (SSSR count). The van der Waals surface area contributed by atoms with Crippen molar-refractivity contribution in [3.8, 4) is 0 Å². The molecular weight excluding hydrogens is 268 g/mol. The van der Waals surface area contributed by atoms with Crippen LogP contribution in [0.2, 0.25) is 5.02 Å². The minimum absolute atomic E-state index is 0.620. The molecule has 0 bridgehead atoms. The SMILES string of the molecule is Clc1cccc(CN(Cc2ccccc2)C2CNC2)c1. The third kappa shape index (κ3) is 3.40. The highest BCUT2D eigenvalue weighted by atomic mass is 35.5. The van der Waals surface area contributed by atoms with Crippen LogP contribution in [0.4, 0.5) is 0 Å². The molecule has 0 amide bonds. The van der Waals surface area contributed by atoms with Crippen LogP contribution in [-0.4, -0.2) is 24.0 Å². The van der Waals surface area contributed by atoms with Gasteiger partial charge in [-0.1, -0.05) is 54.1 Å². The molecule has 1 N–H and O–H groups in total. The molecule has 1 heterocycles. The van der Waals surface area contributed by atoms with E-state index in [-0.39, 0.29) is 0 Å². The van der Waals surface area contributed by atoms with Crippen LogP contribution in [-0.2, 0) is 13.1 Å². The first-order valence-corrected chi connectivity index (χ1v) is 7.42. The summed E-state index contributed by atoms with van der Waals surface area (Å²) in [5, 5.41) is 4.17. The molecule has 104 valence electrons. The summed E-state index contributed by atoms with van der Waals surface area (Å²) in [6, 6.07) is 19.4. The minimum atomic E-state index is 0.620. The van der Waals surface area contributed by atoms with Crippen molar-refractivity contribution in [3.63, 3.8) is 0 Å². The van der Waals surface area contributed by atoms with E-state index < -0.39 is 0 Å². The van der Waals surface area contributed by atoms with Gasteiger partial charge in [0.1, 0.15) is 0 Å². The molecule has 0 unspecified atom stereocenters. The van der Waals surface area contributed by atoms with Gasteiger partial charge < -0.3 is 5.32 Å². The highest BCUT2D eigenvalue weighted by Gasteiger charge is 2.24. The maximum absolute atomic E-state index is 6.09. The van der Waals surface area contributed by atoms with E-state index in [1.807, 2.05) is 12.1 Å². The lowest BCUT2D eigenvalue weighted by atomic mass is 10.1. The Morgan fingerprint density at radius 2 is 1.65 bits per heavy atom. The van der Waals surface area contributed by atoms with E-state index in [1.165, 1.54) is 11.1 Å². The normalized spacial score (nSPS) is 15.3. The molecule has 2 aromatic rings. The van der Waals surface area contributed by atoms with E-state index in [9.17, 15) is 0 Å². The summed E-state index contributed by atoms with van der Waals surface area (Å²) in [6.07, 6.45) is 0. The molecule has 1 saturated heterocycles. The Labute approximate surface area is 125 Å². The maximum atomic E-state index is 6.09. The fraction of sp³-hybridized carbons (Fsp3) is 0.294. The summed E-state index contributed by atoms with van der Waals surface area (Å²) in [5.41, 5.74) is 2.64. The van der Waals surface area contributed by atoms with Crippen molar-refractivity contribution in [2.75, 3.05) is 13.1 Å². The van der Waals surface area contributed by atoms with Crippen LogP contribution in [0.25, 0.3) is 0 Å². The highest BCUT2D eigenvalue weighted by Crippen LogP contribution is 2.18. The maximum Gasteiger partial charge on any atom is 0.0409 e. The summed E-state index contributed by atoms with van der Waals surface area (Å²) in [4.78, 5) is 2.53. The molecule has 1 fully saturated rings. The van der Waals surface area contributed by atoms with Crippen molar-refractivity contribution in [3.05, 3.63) is 70.7 Å². The van der Waals surface area contributed by atoms with E-state index in [0.717, 1.165) is 31.2 Å². The van der Waals surface area contributed by atoms with Crippen molar-refractivity contribution in [2.45, 2.75) is 19.1 Å². The monoisotopic (exact) mass is 286 g/mol. The van der Waals surface area contributed by atoms with Gasteiger partial charge in [-0.3, -0.25) is 4.90 Å². The van der Waals surface area contributed by atoms with Crippen LogP contribution >= 0.6 is 11.6 Å². The third-order valence-electron chi connectivity index (χ3n) is 3.78. The number of hydrogen-bond donors (Lipinski definition) is 1. The van der Waals surface area contributed by atoms with Crippen LogP contribution in [0.15, 0.2) is 54.6 Å². The zero-order valence-electron chi connectivity index (χ0n) is 11.4. The number of hydrogen-bond acceptors (Lipinski definition) is 2. The lowest BCUT2D eigenvalue weighted by Crippen LogP contribution is -2.56. The van der Waals surface area contributed by atoms with Gasteiger partial charge in [0.2, 0.25) is 0 Å². The van der Waals surface area contributed by atoms with Crippen LogP contribution in [0.1, 0.15) is 11.1 Å². The molecule has 1 aliphatic heterocycles. The Bertz CT molecular complexity index is 552. The molecule has 3 heteroatoms. The number of halogens is 1. The van der Waals surface area contributed by atoms with Gasteiger partial charge in [0.25, 0.3) is 0 Å². The second-order valence-electron chi connectivity index (χ2n) is 5.33. The van der Waals surface area contributed by atoms with Gasteiger partial charge in [-0.25, -0.2) is 0 Å². The first-order valence-electron chi connectivity index (χ1n) is 7.04. The third-order valence-corrected chi connectivity index (χ3v) is 4.01. The lowest BCUT2D eigenvalue weighted by molar-refractivity contribution is 0.129. The van der Waals surface area contributed by atoms with Crippen LogP contribution in [0.5, 0.6) is 0 Å².